The van der Waals surface area contributed by atoms with E-state index in [2.05, 4.69) is 59.5 Å². The lowest BCUT2D eigenvalue weighted by atomic mass is 9.89. The van der Waals surface area contributed by atoms with Gasteiger partial charge in [0.05, 0.1) is 17.3 Å². The van der Waals surface area contributed by atoms with Crippen LogP contribution in [0.3, 0.4) is 0 Å². The van der Waals surface area contributed by atoms with Gasteiger partial charge in [0.2, 0.25) is 0 Å². The van der Waals surface area contributed by atoms with E-state index in [4.69, 9.17) is 9.72 Å². The Morgan fingerprint density at radius 1 is 1.06 bits per heavy atom. The lowest BCUT2D eigenvalue weighted by Gasteiger charge is -2.33. The predicted molar refractivity (Wildman–Crippen MR) is 129 cm³/mol. The van der Waals surface area contributed by atoms with Gasteiger partial charge in [0.1, 0.15) is 0 Å². The van der Waals surface area contributed by atoms with Crippen molar-refractivity contribution >= 4 is 16.7 Å². The molecule has 170 valence electrons. The lowest BCUT2D eigenvalue weighted by Crippen LogP contribution is -2.34. The van der Waals surface area contributed by atoms with Crippen LogP contribution < -0.4 is 5.32 Å². The molecule has 2 saturated heterocycles. The minimum Gasteiger partial charge on any atom is -0.381 e. The predicted octanol–water partition coefficient (Wildman–Crippen LogP) is 4.73. The van der Waals surface area contributed by atoms with Crippen LogP contribution in [-0.2, 0) is 17.8 Å². The average Bonchev–Trinajstić information content (AvgIpc) is 3.25. The molecule has 0 unspecified atom stereocenters. The van der Waals surface area contributed by atoms with E-state index in [1.54, 1.807) is 0 Å². The highest BCUT2D eigenvalue weighted by Gasteiger charge is 2.25. The maximum absolute atomic E-state index is 5.59. The molecule has 2 aliphatic rings. The van der Waals surface area contributed by atoms with Crippen molar-refractivity contribution in [3.63, 3.8) is 0 Å². The normalized spacial score (nSPS) is 18.9. The van der Waals surface area contributed by atoms with E-state index in [0.29, 0.717) is 12.0 Å². The van der Waals surface area contributed by atoms with Gasteiger partial charge in [0, 0.05) is 43.6 Å². The number of hydrogen-bond acceptors (Lipinski definition) is 5. The summed E-state index contributed by atoms with van der Waals surface area (Å²) in [5.41, 5.74) is 6.17. The van der Waals surface area contributed by atoms with Gasteiger partial charge in [-0.2, -0.15) is 5.10 Å². The topological polar surface area (TPSA) is 55.2 Å². The second-order valence-corrected chi connectivity index (χ2v) is 9.24. The number of ether oxygens (including phenoxy) is 1. The Labute approximate surface area is 191 Å². The smallest absolute Gasteiger partial charge is 0.160 e. The van der Waals surface area contributed by atoms with Gasteiger partial charge >= 0.3 is 0 Å². The van der Waals surface area contributed by atoms with Gasteiger partial charge in [-0.25, -0.2) is 9.67 Å². The molecular weight excluding hydrogens is 398 g/mol. The third-order valence-electron chi connectivity index (χ3n) is 7.20. The van der Waals surface area contributed by atoms with Gasteiger partial charge in [-0.15, -0.1) is 0 Å². The number of nitrogens with one attached hydrogen (secondary N) is 1. The van der Waals surface area contributed by atoms with Crippen LogP contribution in [0.15, 0.2) is 36.5 Å². The highest BCUT2D eigenvalue weighted by atomic mass is 16.5. The number of pyridine rings is 1. The van der Waals surface area contributed by atoms with Crippen LogP contribution in [0.1, 0.15) is 55.3 Å². The number of hydrogen-bond donors (Lipinski definition) is 1. The van der Waals surface area contributed by atoms with Crippen LogP contribution in [0.25, 0.3) is 11.0 Å². The zero-order chi connectivity index (χ0) is 21.9. The first kappa shape index (κ1) is 21.4. The highest BCUT2D eigenvalue weighted by Crippen LogP contribution is 2.34. The maximum Gasteiger partial charge on any atom is 0.160 e. The first-order chi connectivity index (χ1) is 15.7. The minimum absolute atomic E-state index is 0.446. The van der Waals surface area contributed by atoms with E-state index in [-0.39, 0.29) is 0 Å². The summed E-state index contributed by atoms with van der Waals surface area (Å²) in [6.45, 7) is 9.98. The molecule has 0 bridgehead atoms. The Balaban J connectivity index is 1.39. The van der Waals surface area contributed by atoms with Gasteiger partial charge in [-0.3, -0.25) is 4.90 Å². The van der Waals surface area contributed by atoms with Gasteiger partial charge in [0.15, 0.2) is 5.65 Å². The van der Waals surface area contributed by atoms with E-state index in [0.717, 1.165) is 69.0 Å². The Morgan fingerprint density at radius 3 is 2.53 bits per heavy atom. The molecule has 2 fully saturated rings. The summed E-state index contributed by atoms with van der Waals surface area (Å²) < 4.78 is 7.60. The fraction of sp³-hybridized carbons (Fsp3) is 0.538. The number of fused-ring (bicyclic) bond motifs is 1. The van der Waals surface area contributed by atoms with Crippen molar-refractivity contribution in [2.45, 2.75) is 64.6 Å². The van der Waals surface area contributed by atoms with E-state index < -0.39 is 0 Å². The molecule has 1 N–H and O–H groups in total. The maximum atomic E-state index is 5.59. The number of aryl methyl sites for hydroxylation is 2. The minimum atomic E-state index is 0.446. The van der Waals surface area contributed by atoms with Gasteiger partial charge in [-0.1, -0.05) is 30.3 Å². The number of anilines is 1. The standard InChI is InChI=1S/C26H35N5O/c1-3-31-26-23(17-27-31)25(29-22-11-15-32-16-12-22)24(19(2)28-26)18-30-13-9-21(10-14-30)20-7-5-4-6-8-20/h4-8,17,21-22H,3,9-16,18H2,1-2H3,(H,28,29). The van der Waals surface area contributed by atoms with E-state index >= 15 is 0 Å². The summed E-state index contributed by atoms with van der Waals surface area (Å²) >= 11 is 0. The molecule has 32 heavy (non-hydrogen) atoms. The number of benzene rings is 1. The molecule has 6 heteroatoms. The van der Waals surface area contributed by atoms with Crippen molar-refractivity contribution in [2.75, 3.05) is 31.6 Å². The van der Waals surface area contributed by atoms with Crippen molar-refractivity contribution in [1.82, 2.24) is 19.7 Å². The van der Waals surface area contributed by atoms with E-state index in [1.807, 2.05) is 10.9 Å². The summed E-state index contributed by atoms with van der Waals surface area (Å²) in [7, 11) is 0. The van der Waals surface area contributed by atoms with Crippen molar-refractivity contribution in [2.24, 2.45) is 0 Å². The molecule has 0 aliphatic carbocycles. The summed E-state index contributed by atoms with van der Waals surface area (Å²) in [4.78, 5) is 7.60. The number of likely N-dealkylation sites (tertiary alicyclic amines) is 1. The van der Waals surface area contributed by atoms with Crippen LogP contribution in [0.2, 0.25) is 0 Å². The SMILES string of the molecule is CCn1ncc2c(NC3CCOCC3)c(CN3CCC(c4ccccc4)CC3)c(C)nc21. The number of nitrogens with zero attached hydrogens (tertiary/aromatic N) is 4. The van der Waals surface area contributed by atoms with Crippen LogP contribution in [-0.4, -0.2) is 52.0 Å². The van der Waals surface area contributed by atoms with E-state index in [9.17, 15) is 0 Å². The summed E-state index contributed by atoms with van der Waals surface area (Å²) in [5.74, 6) is 0.678. The molecule has 0 atom stereocenters. The molecule has 0 radical (unpaired) electrons. The Hall–Kier alpha value is -2.44. The second kappa shape index (κ2) is 9.59. The lowest BCUT2D eigenvalue weighted by molar-refractivity contribution is 0.0904. The zero-order valence-corrected chi connectivity index (χ0v) is 19.4. The van der Waals surface area contributed by atoms with Crippen molar-refractivity contribution in [3.05, 3.63) is 53.3 Å². The van der Waals surface area contributed by atoms with Crippen LogP contribution in [0.4, 0.5) is 5.69 Å². The second-order valence-electron chi connectivity index (χ2n) is 9.24. The third-order valence-corrected chi connectivity index (χ3v) is 7.20. The zero-order valence-electron chi connectivity index (χ0n) is 19.4. The van der Waals surface area contributed by atoms with Gasteiger partial charge in [0.25, 0.3) is 0 Å². The Kier molecular flexibility index (Phi) is 6.42. The summed E-state index contributed by atoms with van der Waals surface area (Å²) in [6, 6.07) is 11.4. The Morgan fingerprint density at radius 2 is 1.81 bits per heavy atom. The largest absolute Gasteiger partial charge is 0.381 e. The highest BCUT2D eigenvalue weighted by molar-refractivity contribution is 5.91. The molecule has 2 aromatic heterocycles. The third kappa shape index (κ3) is 4.39. The molecule has 0 saturated carbocycles. The molecule has 0 amide bonds. The van der Waals surface area contributed by atoms with Crippen molar-refractivity contribution in [3.8, 4) is 0 Å². The molecule has 5 rings (SSSR count). The summed E-state index contributed by atoms with van der Waals surface area (Å²) in [5, 5.41) is 9.66. The van der Waals surface area contributed by atoms with Gasteiger partial charge < -0.3 is 10.1 Å². The summed E-state index contributed by atoms with van der Waals surface area (Å²) in [6.07, 6.45) is 6.53. The van der Waals surface area contributed by atoms with E-state index in [1.165, 1.54) is 29.7 Å². The molecule has 2 aliphatic heterocycles. The fourth-order valence-corrected chi connectivity index (χ4v) is 5.25. The van der Waals surface area contributed by atoms with Crippen molar-refractivity contribution in [1.29, 1.82) is 0 Å². The van der Waals surface area contributed by atoms with Crippen LogP contribution in [0.5, 0.6) is 0 Å². The first-order valence-corrected chi connectivity index (χ1v) is 12.2. The molecule has 6 nitrogen and oxygen atoms in total. The molecule has 4 heterocycles. The molecule has 0 spiro atoms. The van der Waals surface area contributed by atoms with Crippen LogP contribution in [0, 0.1) is 6.92 Å². The first-order valence-electron chi connectivity index (χ1n) is 12.2. The number of piperidine rings is 1. The Bertz CT molecular complexity index is 1030. The quantitative estimate of drug-likeness (QED) is 0.609. The molecule has 3 aromatic rings. The monoisotopic (exact) mass is 433 g/mol. The molecule has 1 aromatic carbocycles. The average molecular weight is 434 g/mol. The number of rotatable bonds is 6. The van der Waals surface area contributed by atoms with Crippen LogP contribution >= 0.6 is 0 Å². The fourth-order valence-electron chi connectivity index (χ4n) is 5.25. The number of aromatic nitrogens is 3. The molecular formula is C26H35N5O. The van der Waals surface area contributed by atoms with Crippen molar-refractivity contribution < 1.29 is 4.74 Å². The van der Waals surface area contributed by atoms with Gasteiger partial charge in [-0.05, 0) is 64.1 Å².